The predicted molar refractivity (Wildman–Crippen MR) is 109 cm³/mol. The Morgan fingerprint density at radius 3 is 2.29 bits per heavy atom. The number of carboxylic acid groups (broad SMARTS) is 1. The fourth-order valence-corrected chi connectivity index (χ4v) is 2.81. The normalized spacial score (nSPS) is 10.3. The summed E-state index contributed by atoms with van der Waals surface area (Å²) in [7, 11) is 1.70. The minimum absolute atomic E-state index is 0.181. The maximum atomic E-state index is 12.7. The van der Waals surface area contributed by atoms with Crippen LogP contribution in [0.15, 0.2) is 54.6 Å². The van der Waals surface area contributed by atoms with Crippen LogP contribution in [-0.2, 0) is 4.79 Å². The monoisotopic (exact) mass is 382 g/mol. The Kier molecular flexibility index (Phi) is 8.21. The topological polar surface area (TPSA) is 86.7 Å². The largest absolute Gasteiger partial charge is 0.481 e. The molecule has 0 aliphatic carbocycles. The number of aliphatic carboxylic acids is 1. The molecule has 6 heteroatoms. The molecule has 0 fully saturated rings. The molecule has 0 saturated carbocycles. The molecule has 2 aromatic carbocycles. The second-order valence-corrected chi connectivity index (χ2v) is 6.59. The number of para-hydroxylation sites is 1. The highest BCUT2D eigenvalue weighted by molar-refractivity contribution is 6.07. The summed E-state index contributed by atoms with van der Waals surface area (Å²) in [6.45, 7) is 0.522. The van der Waals surface area contributed by atoms with Crippen LogP contribution >= 0.6 is 0 Å². The Morgan fingerprint density at radius 2 is 1.57 bits per heavy atom. The first-order valence-corrected chi connectivity index (χ1v) is 9.42. The number of rotatable bonds is 10. The van der Waals surface area contributed by atoms with Gasteiger partial charge in [0.05, 0.1) is 0 Å². The van der Waals surface area contributed by atoms with Gasteiger partial charge in [0.2, 0.25) is 0 Å². The van der Waals surface area contributed by atoms with Gasteiger partial charge in [-0.1, -0.05) is 37.1 Å². The summed E-state index contributed by atoms with van der Waals surface area (Å²) in [5.41, 5.74) is 1.68. The number of carbonyl (C=O) groups excluding carboxylic acids is 2. The van der Waals surface area contributed by atoms with E-state index in [1.807, 2.05) is 30.3 Å². The van der Waals surface area contributed by atoms with Crippen LogP contribution in [0.4, 0.5) is 5.69 Å². The van der Waals surface area contributed by atoms with E-state index in [4.69, 9.17) is 5.11 Å². The Balaban J connectivity index is 1.85. The number of hydrogen-bond donors (Lipinski definition) is 2. The Morgan fingerprint density at radius 1 is 0.893 bits per heavy atom. The highest BCUT2D eigenvalue weighted by atomic mass is 16.4. The molecule has 148 valence electrons. The van der Waals surface area contributed by atoms with Crippen LogP contribution in [0, 0.1) is 0 Å². The van der Waals surface area contributed by atoms with E-state index in [1.54, 1.807) is 36.2 Å². The fourth-order valence-electron chi connectivity index (χ4n) is 2.81. The molecular weight excluding hydrogens is 356 g/mol. The van der Waals surface area contributed by atoms with Crippen molar-refractivity contribution in [3.8, 4) is 0 Å². The van der Waals surface area contributed by atoms with Crippen LogP contribution in [0.1, 0.15) is 52.8 Å². The van der Waals surface area contributed by atoms with E-state index in [9.17, 15) is 14.4 Å². The summed E-state index contributed by atoms with van der Waals surface area (Å²) in [4.78, 5) is 37.0. The molecule has 2 amide bonds. The molecule has 0 aliphatic rings. The van der Waals surface area contributed by atoms with Crippen LogP contribution in [-0.4, -0.2) is 36.5 Å². The third-order valence-corrected chi connectivity index (χ3v) is 4.42. The van der Waals surface area contributed by atoms with Gasteiger partial charge in [-0.2, -0.15) is 0 Å². The van der Waals surface area contributed by atoms with E-state index in [-0.39, 0.29) is 18.2 Å². The van der Waals surface area contributed by atoms with Crippen molar-refractivity contribution >= 4 is 23.5 Å². The fraction of sp³-hybridized carbons (Fsp3) is 0.318. The number of carbonyl (C=O) groups is 3. The summed E-state index contributed by atoms with van der Waals surface area (Å²) in [5, 5.41) is 11.4. The molecule has 0 aliphatic heterocycles. The van der Waals surface area contributed by atoms with Gasteiger partial charge in [-0.15, -0.1) is 0 Å². The Hall–Kier alpha value is -3.15. The van der Waals surface area contributed by atoms with Gasteiger partial charge in [0.25, 0.3) is 11.8 Å². The number of anilines is 1. The zero-order chi connectivity index (χ0) is 20.4. The highest BCUT2D eigenvalue weighted by Gasteiger charge is 2.15. The summed E-state index contributed by atoms with van der Waals surface area (Å²) in [6.07, 6.45) is 3.33. The van der Waals surface area contributed by atoms with Gasteiger partial charge in [0.1, 0.15) is 0 Å². The number of benzene rings is 2. The number of amides is 2. The zero-order valence-electron chi connectivity index (χ0n) is 16.1. The second-order valence-electron chi connectivity index (χ2n) is 6.59. The van der Waals surface area contributed by atoms with Crippen molar-refractivity contribution in [2.75, 3.05) is 18.5 Å². The Bertz CT molecular complexity index is 805. The molecule has 0 unspecified atom stereocenters. The molecule has 6 nitrogen and oxygen atoms in total. The van der Waals surface area contributed by atoms with Crippen LogP contribution in [0.2, 0.25) is 0 Å². The molecule has 0 heterocycles. The molecule has 0 bridgehead atoms. The van der Waals surface area contributed by atoms with E-state index < -0.39 is 5.97 Å². The lowest BCUT2D eigenvalue weighted by Crippen LogP contribution is -2.27. The van der Waals surface area contributed by atoms with Crippen LogP contribution in [0.5, 0.6) is 0 Å². The van der Waals surface area contributed by atoms with E-state index in [1.165, 1.54) is 0 Å². The number of unbranched alkanes of at least 4 members (excludes halogenated alkanes) is 3. The average molecular weight is 382 g/mol. The quantitative estimate of drug-likeness (QED) is 0.613. The summed E-state index contributed by atoms with van der Waals surface area (Å²) in [6, 6.07) is 16.0. The van der Waals surface area contributed by atoms with Gasteiger partial charge >= 0.3 is 5.97 Å². The maximum Gasteiger partial charge on any atom is 0.303 e. The first-order chi connectivity index (χ1) is 13.5. The first-order valence-electron chi connectivity index (χ1n) is 9.42. The van der Waals surface area contributed by atoms with E-state index in [0.717, 1.165) is 24.9 Å². The van der Waals surface area contributed by atoms with Crippen molar-refractivity contribution < 1.29 is 19.5 Å². The first kappa shape index (κ1) is 21.2. The van der Waals surface area contributed by atoms with Crippen molar-refractivity contribution in [1.29, 1.82) is 0 Å². The second kappa shape index (κ2) is 10.9. The van der Waals surface area contributed by atoms with E-state index >= 15 is 0 Å². The SMILES string of the molecule is CN(C(=O)c1cccc(C(=O)NCCCCCCC(=O)O)c1)c1ccccc1. The summed E-state index contributed by atoms with van der Waals surface area (Å²) in [5.74, 6) is -1.18. The predicted octanol–water partition coefficient (Wildman–Crippen LogP) is 3.73. The number of nitrogens with one attached hydrogen (secondary N) is 1. The van der Waals surface area contributed by atoms with Crippen molar-refractivity contribution in [3.05, 3.63) is 65.7 Å². The smallest absolute Gasteiger partial charge is 0.303 e. The van der Waals surface area contributed by atoms with Gasteiger partial charge in [0.15, 0.2) is 0 Å². The van der Waals surface area contributed by atoms with Gasteiger partial charge in [0, 0.05) is 36.8 Å². The molecule has 0 atom stereocenters. The Labute approximate surface area is 165 Å². The van der Waals surface area contributed by atoms with Crippen LogP contribution in [0.3, 0.4) is 0 Å². The zero-order valence-corrected chi connectivity index (χ0v) is 16.1. The molecule has 2 aromatic rings. The molecule has 0 spiro atoms. The molecule has 2 N–H and O–H groups in total. The maximum absolute atomic E-state index is 12.7. The lowest BCUT2D eigenvalue weighted by Gasteiger charge is -2.17. The molecule has 0 aromatic heterocycles. The molecule has 2 rings (SSSR count). The van der Waals surface area contributed by atoms with E-state index in [2.05, 4.69) is 5.32 Å². The number of carboxylic acids is 1. The lowest BCUT2D eigenvalue weighted by atomic mass is 10.1. The van der Waals surface area contributed by atoms with Crippen molar-refractivity contribution in [2.24, 2.45) is 0 Å². The molecular formula is C22H26N2O4. The van der Waals surface area contributed by atoms with Crippen molar-refractivity contribution in [1.82, 2.24) is 5.32 Å². The van der Waals surface area contributed by atoms with Gasteiger partial charge < -0.3 is 15.3 Å². The van der Waals surface area contributed by atoms with Gasteiger partial charge in [-0.25, -0.2) is 0 Å². The third-order valence-electron chi connectivity index (χ3n) is 4.42. The minimum atomic E-state index is -0.777. The minimum Gasteiger partial charge on any atom is -0.481 e. The van der Waals surface area contributed by atoms with Gasteiger partial charge in [-0.3, -0.25) is 14.4 Å². The average Bonchev–Trinajstić information content (AvgIpc) is 2.72. The molecule has 28 heavy (non-hydrogen) atoms. The van der Waals surface area contributed by atoms with E-state index in [0.29, 0.717) is 24.1 Å². The van der Waals surface area contributed by atoms with Crippen molar-refractivity contribution in [3.63, 3.8) is 0 Å². The molecule has 0 saturated heterocycles. The van der Waals surface area contributed by atoms with Crippen LogP contribution in [0.25, 0.3) is 0 Å². The highest BCUT2D eigenvalue weighted by Crippen LogP contribution is 2.15. The number of nitrogens with zero attached hydrogens (tertiary/aromatic N) is 1. The standard InChI is InChI=1S/C22H26N2O4/c1-24(19-12-5-4-6-13-19)22(28)18-11-9-10-17(16-18)21(27)23-15-8-3-2-7-14-20(25)26/h4-6,9-13,16H,2-3,7-8,14-15H2,1H3,(H,23,27)(H,25,26). The molecule has 0 radical (unpaired) electrons. The summed E-state index contributed by atoms with van der Waals surface area (Å²) < 4.78 is 0. The third kappa shape index (κ3) is 6.54. The van der Waals surface area contributed by atoms with Crippen molar-refractivity contribution in [2.45, 2.75) is 32.1 Å². The van der Waals surface area contributed by atoms with Gasteiger partial charge in [-0.05, 0) is 43.2 Å². The number of hydrogen-bond acceptors (Lipinski definition) is 3. The lowest BCUT2D eigenvalue weighted by molar-refractivity contribution is -0.137. The van der Waals surface area contributed by atoms with Crippen LogP contribution < -0.4 is 10.2 Å². The summed E-state index contributed by atoms with van der Waals surface area (Å²) >= 11 is 0.